The molecular formula is C82H168FeN10. The van der Waals surface area contributed by atoms with Crippen LogP contribution in [0, 0.1) is 71.0 Å². The normalized spacial score (nSPS) is 10.5. The fourth-order valence-corrected chi connectivity index (χ4v) is 11.1. The molecule has 0 fully saturated rings. The number of quaternary nitrogens is 4. The molecule has 0 atom stereocenters. The third-order valence-electron chi connectivity index (χ3n) is 16.7. The molecule has 93 heavy (non-hydrogen) atoms. The monoisotopic (exact) mass is 1350 g/mol. The Morgan fingerprint density at radius 2 is 0.204 bits per heavy atom. The van der Waals surface area contributed by atoms with Gasteiger partial charge in [0.25, 0.3) is 0 Å². The van der Waals surface area contributed by atoms with Crippen molar-refractivity contribution in [3.63, 3.8) is 0 Å². The van der Waals surface area contributed by atoms with Crippen LogP contribution in [0.15, 0.2) is 0 Å². The Bertz CT molecular complexity index is 1130. The number of nitrogens with zero attached hydrogens (tertiary/aromatic N) is 10. The maximum atomic E-state index is 6.25. The summed E-state index contributed by atoms with van der Waals surface area (Å²) in [6, 6.07) is 0. The van der Waals surface area contributed by atoms with Crippen LogP contribution in [0.25, 0.3) is 0 Å². The van der Waals surface area contributed by atoms with E-state index >= 15 is 0 Å². The Morgan fingerprint density at radius 1 is 0.140 bits per heavy atom. The molecule has 0 aliphatic heterocycles. The van der Waals surface area contributed by atoms with E-state index in [1.807, 2.05) is 0 Å². The van der Waals surface area contributed by atoms with Gasteiger partial charge in [-0.1, -0.05) is 336 Å². The van der Waals surface area contributed by atoms with Gasteiger partial charge in [0, 0.05) is 0 Å². The van der Waals surface area contributed by atoms with Gasteiger partial charge in [-0.15, -0.1) is 0 Å². The van der Waals surface area contributed by atoms with Crippen LogP contribution in [0.1, 0.15) is 387 Å². The fraction of sp³-hybridized carbons (Fsp3) is 0.927. The van der Waals surface area contributed by atoms with Gasteiger partial charge in [-0.05, 0) is 51.4 Å². The van der Waals surface area contributed by atoms with E-state index in [2.05, 4.69) is 112 Å². The number of hydrogen-bond donors (Lipinski definition) is 0. The molecule has 0 spiro atoms. The molecule has 0 amide bonds. The van der Waals surface area contributed by atoms with E-state index in [9.17, 15) is 0 Å². The Kier molecular flexibility index (Phi) is 130. The van der Waals surface area contributed by atoms with Gasteiger partial charge in [0.05, 0.1) is 111 Å². The Hall–Kier alpha value is -2.70. The van der Waals surface area contributed by atoms with Gasteiger partial charge in [0.2, 0.25) is 0 Å². The minimum Gasteiger partial charge on any atom is -0.512 e. The zero-order valence-electron chi connectivity index (χ0n) is 66.3. The van der Waals surface area contributed by atoms with Gasteiger partial charge in [0.1, 0.15) is 0 Å². The van der Waals surface area contributed by atoms with Crippen LogP contribution in [0.4, 0.5) is 0 Å². The molecular weight excluding hydrogens is 1180 g/mol. The minimum absolute atomic E-state index is 0. The van der Waals surface area contributed by atoms with Crippen LogP contribution in [-0.4, -0.2) is 129 Å². The molecule has 0 aromatic rings. The second-order valence-electron chi connectivity index (χ2n) is 30.4. The van der Waals surface area contributed by atoms with Gasteiger partial charge in [-0.2, -0.15) is 0 Å². The first kappa shape index (κ1) is 115. The first-order valence-electron chi connectivity index (χ1n) is 38.8. The molecule has 0 aliphatic carbocycles. The second-order valence-corrected chi connectivity index (χ2v) is 30.4. The molecule has 0 bridgehead atoms. The summed E-state index contributed by atoms with van der Waals surface area (Å²) >= 11 is 0. The second kappa shape index (κ2) is 105. The molecule has 0 saturated carbocycles. The first-order chi connectivity index (χ1) is 44.2. The molecule has 11 heteroatoms. The van der Waals surface area contributed by atoms with E-state index in [1.165, 1.54) is 386 Å². The van der Waals surface area contributed by atoms with Gasteiger partial charge >= 0.3 is 17.1 Å². The summed E-state index contributed by atoms with van der Waals surface area (Å²) in [5.41, 5.74) is 0. The van der Waals surface area contributed by atoms with Crippen molar-refractivity contribution < 1.29 is 35.0 Å². The summed E-state index contributed by atoms with van der Waals surface area (Å²) in [5.74, 6) is 0. The molecule has 0 N–H and O–H groups in total. The third kappa shape index (κ3) is 160. The average Bonchev–Trinajstić information content (AvgIpc) is 3.76. The number of unbranched alkanes of at least 4 members (excludes halogenated alkanes) is 52. The van der Waals surface area contributed by atoms with Crippen LogP contribution in [0.2, 0.25) is 0 Å². The molecule has 0 heterocycles. The number of hydrogen-bond acceptors (Lipinski definition) is 6. The van der Waals surface area contributed by atoms with Gasteiger partial charge in [-0.3, -0.25) is 0 Å². The zero-order valence-corrected chi connectivity index (χ0v) is 67.4. The summed E-state index contributed by atoms with van der Waals surface area (Å²) < 4.78 is 4.49. The zero-order chi connectivity index (χ0) is 72.4. The van der Waals surface area contributed by atoms with Crippen molar-refractivity contribution in [3.05, 3.63) is 39.4 Å². The quantitative estimate of drug-likeness (QED) is 0.0257. The van der Waals surface area contributed by atoms with Crippen molar-refractivity contribution in [1.29, 1.82) is 31.6 Å². The number of rotatable bonds is 60. The van der Waals surface area contributed by atoms with Crippen molar-refractivity contribution in [3.8, 4) is 0 Å². The van der Waals surface area contributed by atoms with Crippen LogP contribution < -0.4 is 0 Å². The Balaban J connectivity index is -0.000000101. The van der Waals surface area contributed by atoms with E-state index in [-0.39, 0.29) is 17.1 Å². The van der Waals surface area contributed by atoms with Gasteiger partial charge in [-0.25, -0.2) is 0 Å². The van der Waals surface area contributed by atoms with Crippen molar-refractivity contribution in [2.24, 2.45) is 0 Å². The van der Waals surface area contributed by atoms with Gasteiger partial charge < -0.3 is 88.9 Å². The molecule has 0 aliphatic rings. The van der Waals surface area contributed by atoms with E-state index in [0.29, 0.717) is 0 Å². The van der Waals surface area contributed by atoms with Crippen molar-refractivity contribution in [2.45, 2.75) is 387 Å². The SMILES string of the molecule is CCCCCCCCCCCCCCCC[N+](C)(C)C.CCCCCCCCCCCCCCCC[N+](C)(C)C.CCCCCCCCCCCCCCCC[N+](C)(C)C.CCCCCCCCCCCCCCCC[N+](C)(C)C.[C-]#N.[C-]#N.[C-]#N.[C-]#N.[C-]#N.[C-]#N.[Fe+2]. The maximum absolute atomic E-state index is 6.25. The van der Waals surface area contributed by atoms with E-state index < -0.39 is 0 Å². The molecule has 10 nitrogen and oxygen atoms in total. The molecule has 0 aromatic carbocycles. The minimum atomic E-state index is 0. The van der Waals surface area contributed by atoms with Gasteiger partial charge in [0.15, 0.2) is 0 Å². The molecule has 0 saturated heterocycles. The molecule has 0 radical (unpaired) electrons. The summed E-state index contributed by atoms with van der Waals surface area (Å²) in [6.07, 6.45) is 81.5. The Labute approximate surface area is 600 Å². The summed E-state index contributed by atoms with van der Waals surface area (Å²) in [5, 5.41) is 37.5. The summed E-state index contributed by atoms with van der Waals surface area (Å²) in [6.45, 7) is 43.0. The standard InChI is InChI=1S/4C19H42N.6CN.Fe/c4*1-5-6-7-8-9-10-11-12-13-14-15-16-17-18-19-20(2,3)4;6*1-2;/h4*5-19H2,1-4H3;;;;;;;/q4*+1;6*-1;+2. The average molecular weight is 1350 g/mol. The topological polar surface area (TPSA) is 143 Å². The molecule has 0 rings (SSSR count). The van der Waals surface area contributed by atoms with Crippen LogP contribution in [0.5, 0.6) is 0 Å². The third-order valence-corrected chi connectivity index (χ3v) is 16.7. The Morgan fingerprint density at radius 3 is 0.269 bits per heavy atom. The van der Waals surface area contributed by atoms with E-state index in [0.717, 1.165) is 17.9 Å². The largest absolute Gasteiger partial charge is 2.00 e. The first-order valence-corrected chi connectivity index (χ1v) is 38.8. The van der Waals surface area contributed by atoms with Crippen molar-refractivity contribution in [1.82, 2.24) is 0 Å². The van der Waals surface area contributed by atoms with Crippen molar-refractivity contribution >= 4 is 0 Å². The maximum Gasteiger partial charge on any atom is 2.00 e. The van der Waals surface area contributed by atoms with Crippen molar-refractivity contribution in [2.75, 3.05) is 111 Å². The predicted octanol–water partition coefficient (Wildman–Crippen LogP) is 25.3. The molecule has 0 aromatic heterocycles. The summed E-state index contributed by atoms with van der Waals surface area (Å²) in [4.78, 5) is 0. The van der Waals surface area contributed by atoms with Crippen LogP contribution in [-0.2, 0) is 17.1 Å². The smallest absolute Gasteiger partial charge is 0.512 e. The molecule has 554 valence electrons. The van der Waals surface area contributed by atoms with E-state index in [1.54, 1.807) is 0 Å². The van der Waals surface area contributed by atoms with Crippen LogP contribution >= 0.6 is 0 Å². The molecule has 0 unspecified atom stereocenters. The summed E-state index contributed by atoms with van der Waals surface area (Å²) in [7, 11) is 27.5. The predicted molar refractivity (Wildman–Crippen MR) is 403 cm³/mol. The van der Waals surface area contributed by atoms with Crippen LogP contribution in [0.3, 0.4) is 0 Å². The van der Waals surface area contributed by atoms with E-state index in [4.69, 9.17) is 71.0 Å². The fourth-order valence-electron chi connectivity index (χ4n) is 11.1.